The summed E-state index contributed by atoms with van der Waals surface area (Å²) in [6, 6.07) is 13.4. The number of rotatable bonds is 5. The van der Waals surface area contributed by atoms with E-state index in [0.717, 1.165) is 11.1 Å². The van der Waals surface area contributed by atoms with Crippen LogP contribution < -0.4 is 0 Å². The number of ketones is 1. The van der Waals surface area contributed by atoms with Gasteiger partial charge in [0.15, 0.2) is 0 Å². The van der Waals surface area contributed by atoms with Crippen molar-refractivity contribution in [2.45, 2.75) is 13.0 Å². The van der Waals surface area contributed by atoms with Crippen LogP contribution in [0.5, 0.6) is 0 Å². The minimum absolute atomic E-state index is 0.0716. The Morgan fingerprint density at radius 3 is 2.33 bits per heavy atom. The van der Waals surface area contributed by atoms with Crippen LogP contribution in [-0.4, -0.2) is 42.0 Å². The summed E-state index contributed by atoms with van der Waals surface area (Å²) in [5, 5.41) is 11.4. The van der Waals surface area contributed by atoms with E-state index in [-0.39, 0.29) is 24.5 Å². The fraction of sp³-hybridized carbons (Fsp3) is 0.238. The zero-order chi connectivity index (χ0) is 19.6. The van der Waals surface area contributed by atoms with Crippen LogP contribution in [0.25, 0.3) is 5.76 Å². The van der Waals surface area contributed by atoms with Gasteiger partial charge in [0.2, 0.25) is 0 Å². The molecule has 6 heteroatoms. The molecule has 5 nitrogen and oxygen atoms in total. The van der Waals surface area contributed by atoms with E-state index in [1.807, 2.05) is 31.2 Å². The fourth-order valence-corrected chi connectivity index (χ4v) is 3.28. The molecule has 1 unspecified atom stereocenters. The quantitative estimate of drug-likeness (QED) is 0.484. The first kappa shape index (κ1) is 19.1. The van der Waals surface area contributed by atoms with Gasteiger partial charge in [-0.1, -0.05) is 41.4 Å². The van der Waals surface area contributed by atoms with Gasteiger partial charge in [0.25, 0.3) is 11.7 Å². The monoisotopic (exact) mass is 385 g/mol. The summed E-state index contributed by atoms with van der Waals surface area (Å²) in [7, 11) is 1.53. The van der Waals surface area contributed by atoms with Crippen LogP contribution in [0.2, 0.25) is 5.02 Å². The summed E-state index contributed by atoms with van der Waals surface area (Å²) in [5.74, 6) is -1.56. The van der Waals surface area contributed by atoms with Crippen LogP contribution in [-0.2, 0) is 14.3 Å². The molecule has 1 atom stereocenters. The molecule has 0 radical (unpaired) electrons. The van der Waals surface area contributed by atoms with Crippen molar-refractivity contribution in [1.29, 1.82) is 0 Å². The van der Waals surface area contributed by atoms with Gasteiger partial charge in [-0.2, -0.15) is 0 Å². The number of carbonyl (C=O) groups is 2. The van der Waals surface area contributed by atoms with E-state index in [1.54, 1.807) is 24.3 Å². The summed E-state index contributed by atoms with van der Waals surface area (Å²) in [4.78, 5) is 26.8. The smallest absolute Gasteiger partial charge is 0.295 e. The number of hydrogen-bond donors (Lipinski definition) is 1. The Balaban J connectivity index is 2.14. The maximum absolute atomic E-state index is 12.7. The highest BCUT2D eigenvalue weighted by Crippen LogP contribution is 2.39. The van der Waals surface area contributed by atoms with Gasteiger partial charge in [0, 0.05) is 24.2 Å². The zero-order valence-corrected chi connectivity index (χ0v) is 15.9. The maximum Gasteiger partial charge on any atom is 0.295 e. The van der Waals surface area contributed by atoms with E-state index in [0.29, 0.717) is 10.6 Å². The highest BCUT2D eigenvalue weighted by molar-refractivity contribution is 6.46. The molecule has 0 aliphatic carbocycles. The lowest BCUT2D eigenvalue weighted by atomic mass is 9.95. The first-order valence-corrected chi connectivity index (χ1v) is 8.91. The van der Waals surface area contributed by atoms with Crippen molar-refractivity contribution in [1.82, 2.24) is 4.90 Å². The van der Waals surface area contributed by atoms with Gasteiger partial charge in [-0.05, 0) is 36.8 Å². The largest absolute Gasteiger partial charge is 0.507 e. The van der Waals surface area contributed by atoms with Gasteiger partial charge in [-0.25, -0.2) is 0 Å². The molecule has 0 bridgehead atoms. The third-order valence-electron chi connectivity index (χ3n) is 4.59. The Labute approximate surface area is 162 Å². The van der Waals surface area contributed by atoms with Gasteiger partial charge < -0.3 is 14.7 Å². The van der Waals surface area contributed by atoms with Gasteiger partial charge in [0.05, 0.1) is 18.2 Å². The van der Waals surface area contributed by atoms with E-state index < -0.39 is 17.7 Å². The van der Waals surface area contributed by atoms with Gasteiger partial charge in [-0.15, -0.1) is 0 Å². The summed E-state index contributed by atoms with van der Waals surface area (Å²) in [6.07, 6.45) is 0. The molecule has 0 spiro atoms. The average Bonchev–Trinajstić information content (AvgIpc) is 2.91. The molecule has 0 saturated carbocycles. The van der Waals surface area contributed by atoms with Crippen molar-refractivity contribution in [3.8, 4) is 0 Å². The molecule has 3 rings (SSSR count). The van der Waals surface area contributed by atoms with Gasteiger partial charge >= 0.3 is 0 Å². The minimum atomic E-state index is -0.705. The number of aryl methyl sites for hydroxylation is 1. The van der Waals surface area contributed by atoms with Crippen LogP contribution in [0.15, 0.2) is 54.1 Å². The van der Waals surface area contributed by atoms with Crippen LogP contribution in [0, 0.1) is 6.92 Å². The number of ether oxygens (including phenoxy) is 1. The SMILES string of the molecule is COCCN1C(=O)C(=O)C(=C(O)c2ccc(Cl)cc2)C1c1ccc(C)cc1. The number of Topliss-reactive ketones (excluding diaryl/α,β-unsaturated/α-hetero) is 1. The lowest BCUT2D eigenvalue weighted by molar-refractivity contribution is -0.140. The molecule has 1 fully saturated rings. The Hall–Kier alpha value is -2.63. The number of amides is 1. The lowest BCUT2D eigenvalue weighted by Crippen LogP contribution is -2.32. The topological polar surface area (TPSA) is 66.8 Å². The minimum Gasteiger partial charge on any atom is -0.507 e. The van der Waals surface area contributed by atoms with Gasteiger partial charge in [0.1, 0.15) is 5.76 Å². The van der Waals surface area contributed by atoms with Crippen molar-refractivity contribution in [3.05, 3.63) is 75.8 Å². The Morgan fingerprint density at radius 1 is 1.11 bits per heavy atom. The molecule has 1 amide bonds. The molecule has 1 aliphatic heterocycles. The van der Waals surface area contributed by atoms with E-state index in [9.17, 15) is 14.7 Å². The predicted octanol–water partition coefficient (Wildman–Crippen LogP) is 3.72. The molecule has 2 aromatic carbocycles. The van der Waals surface area contributed by atoms with E-state index in [1.165, 1.54) is 12.0 Å². The van der Waals surface area contributed by atoms with Crippen LogP contribution >= 0.6 is 11.6 Å². The van der Waals surface area contributed by atoms with E-state index in [2.05, 4.69) is 0 Å². The molecule has 2 aromatic rings. The van der Waals surface area contributed by atoms with Crippen molar-refractivity contribution in [3.63, 3.8) is 0 Å². The summed E-state index contributed by atoms with van der Waals surface area (Å²) in [5.41, 5.74) is 2.32. The molecule has 1 heterocycles. The molecular formula is C21H20ClNO4. The van der Waals surface area contributed by atoms with Crippen molar-refractivity contribution in [2.24, 2.45) is 0 Å². The highest BCUT2D eigenvalue weighted by Gasteiger charge is 2.45. The van der Waals surface area contributed by atoms with E-state index >= 15 is 0 Å². The van der Waals surface area contributed by atoms with Crippen LogP contribution in [0.1, 0.15) is 22.7 Å². The normalized spacial score (nSPS) is 18.9. The van der Waals surface area contributed by atoms with Crippen LogP contribution in [0.3, 0.4) is 0 Å². The van der Waals surface area contributed by atoms with Crippen molar-refractivity contribution < 1.29 is 19.4 Å². The number of methoxy groups -OCH3 is 1. The Morgan fingerprint density at radius 2 is 1.74 bits per heavy atom. The summed E-state index contributed by atoms with van der Waals surface area (Å²) < 4.78 is 5.09. The molecule has 0 aromatic heterocycles. The molecule has 1 saturated heterocycles. The number of benzene rings is 2. The molecular weight excluding hydrogens is 366 g/mol. The zero-order valence-electron chi connectivity index (χ0n) is 15.1. The number of aliphatic hydroxyl groups is 1. The highest BCUT2D eigenvalue weighted by atomic mass is 35.5. The third-order valence-corrected chi connectivity index (χ3v) is 4.84. The first-order chi connectivity index (χ1) is 12.9. The van der Waals surface area contributed by atoms with Crippen molar-refractivity contribution in [2.75, 3.05) is 20.3 Å². The molecule has 27 heavy (non-hydrogen) atoms. The first-order valence-electron chi connectivity index (χ1n) is 8.54. The number of nitrogens with zero attached hydrogens (tertiary/aromatic N) is 1. The van der Waals surface area contributed by atoms with E-state index in [4.69, 9.17) is 16.3 Å². The Kier molecular flexibility index (Phi) is 5.63. The maximum atomic E-state index is 12.7. The predicted molar refractivity (Wildman–Crippen MR) is 104 cm³/mol. The second kappa shape index (κ2) is 7.94. The fourth-order valence-electron chi connectivity index (χ4n) is 3.16. The van der Waals surface area contributed by atoms with Gasteiger partial charge in [-0.3, -0.25) is 9.59 Å². The second-order valence-corrected chi connectivity index (χ2v) is 6.84. The Bertz CT molecular complexity index is 887. The summed E-state index contributed by atoms with van der Waals surface area (Å²) in [6.45, 7) is 2.49. The number of aliphatic hydroxyl groups excluding tert-OH is 1. The lowest BCUT2D eigenvalue weighted by Gasteiger charge is -2.25. The number of carbonyl (C=O) groups excluding carboxylic acids is 2. The number of halogens is 1. The number of likely N-dealkylation sites (tertiary alicyclic amines) is 1. The average molecular weight is 386 g/mol. The van der Waals surface area contributed by atoms with Crippen LogP contribution in [0.4, 0.5) is 0 Å². The molecule has 1 N–H and O–H groups in total. The van der Waals surface area contributed by atoms with Crippen molar-refractivity contribution >= 4 is 29.1 Å². The third kappa shape index (κ3) is 3.75. The molecule has 1 aliphatic rings. The molecule has 140 valence electrons. The summed E-state index contributed by atoms with van der Waals surface area (Å²) >= 11 is 5.91. The standard InChI is InChI=1S/C21H20ClNO4/c1-13-3-5-14(6-4-13)18-17(19(24)15-7-9-16(22)10-8-15)20(25)21(26)23(18)11-12-27-2/h3-10,18,24H,11-12H2,1-2H3. The number of hydrogen-bond acceptors (Lipinski definition) is 4. The second-order valence-electron chi connectivity index (χ2n) is 6.40.